The number of benzene rings is 1. The maximum Gasteiger partial charge on any atom is 0.435 e. The zero-order valence-corrected chi connectivity index (χ0v) is 19.7. The Kier molecular flexibility index (Phi) is 6.41. The maximum absolute atomic E-state index is 13.6. The van der Waals surface area contributed by atoms with E-state index in [0.29, 0.717) is 41.2 Å². The van der Waals surface area contributed by atoms with Crippen molar-refractivity contribution in [1.82, 2.24) is 29.0 Å². The number of nitrogens with zero attached hydrogens (tertiary/aromatic N) is 6. The molecule has 38 heavy (non-hydrogen) atoms. The summed E-state index contributed by atoms with van der Waals surface area (Å²) in [6, 6.07) is 6.31. The topological polar surface area (TPSA) is 75.3 Å². The molecule has 1 aliphatic rings. The molecule has 1 saturated heterocycles. The van der Waals surface area contributed by atoms with Crippen molar-refractivity contribution in [3.05, 3.63) is 71.6 Å². The van der Waals surface area contributed by atoms with Gasteiger partial charge in [0.2, 0.25) is 5.95 Å². The highest BCUT2D eigenvalue weighted by Crippen LogP contribution is 2.34. The van der Waals surface area contributed by atoms with Gasteiger partial charge in [-0.05, 0) is 17.7 Å². The van der Waals surface area contributed by atoms with Crippen LogP contribution in [0.2, 0.25) is 0 Å². The predicted octanol–water partition coefficient (Wildman–Crippen LogP) is 4.59. The van der Waals surface area contributed by atoms with E-state index >= 15 is 0 Å². The van der Waals surface area contributed by atoms with Crippen molar-refractivity contribution in [2.24, 2.45) is 7.05 Å². The van der Waals surface area contributed by atoms with Crippen LogP contribution in [-0.4, -0.2) is 54.7 Å². The van der Waals surface area contributed by atoms with E-state index in [2.05, 4.69) is 25.7 Å². The molecular formula is C23H21F7N8. The lowest BCUT2D eigenvalue weighted by Crippen LogP contribution is -2.57. The summed E-state index contributed by atoms with van der Waals surface area (Å²) in [6.45, 7) is 1.07. The van der Waals surface area contributed by atoms with Crippen molar-refractivity contribution in [3.63, 3.8) is 0 Å². The van der Waals surface area contributed by atoms with E-state index in [4.69, 9.17) is 0 Å². The fourth-order valence-corrected chi connectivity index (χ4v) is 4.27. The molecule has 0 saturated carbocycles. The number of imidazole rings is 1. The molecule has 3 aromatic heterocycles. The molecule has 1 aliphatic heterocycles. The first-order chi connectivity index (χ1) is 17.9. The van der Waals surface area contributed by atoms with Crippen LogP contribution in [0, 0.1) is 5.82 Å². The molecule has 8 nitrogen and oxygen atoms in total. The summed E-state index contributed by atoms with van der Waals surface area (Å²) in [6.07, 6.45) is -6.33. The summed E-state index contributed by atoms with van der Waals surface area (Å²) in [5, 5.41) is 9.53. The SMILES string of the molecule is Cn1ccnc1NC1CN([C@H](CNc2cc(C(F)(F)F)nc3cc(C(F)(F)F)nn23)c2ccc(F)cc2)C1. The van der Waals surface area contributed by atoms with E-state index in [1.165, 1.54) is 12.1 Å². The van der Waals surface area contributed by atoms with Gasteiger partial charge >= 0.3 is 12.4 Å². The van der Waals surface area contributed by atoms with Crippen molar-refractivity contribution in [2.45, 2.75) is 24.4 Å². The second-order valence-corrected chi connectivity index (χ2v) is 8.93. The fourth-order valence-electron chi connectivity index (χ4n) is 4.27. The second kappa shape index (κ2) is 9.45. The van der Waals surface area contributed by atoms with E-state index in [-0.39, 0.29) is 18.4 Å². The van der Waals surface area contributed by atoms with Crippen molar-refractivity contribution < 1.29 is 30.7 Å². The highest BCUT2D eigenvalue weighted by molar-refractivity contribution is 5.51. The molecule has 2 N–H and O–H groups in total. The Hall–Kier alpha value is -3.88. The van der Waals surface area contributed by atoms with E-state index in [1.807, 2.05) is 16.5 Å². The number of rotatable bonds is 7. The smallest absolute Gasteiger partial charge is 0.368 e. The van der Waals surface area contributed by atoms with Crippen LogP contribution >= 0.6 is 0 Å². The molecule has 0 bridgehead atoms. The average molecular weight is 542 g/mol. The van der Waals surface area contributed by atoms with Crippen LogP contribution in [-0.2, 0) is 19.4 Å². The minimum absolute atomic E-state index is 0.00161. The summed E-state index contributed by atoms with van der Waals surface area (Å²) in [7, 11) is 1.83. The van der Waals surface area contributed by atoms with E-state index in [0.717, 1.165) is 0 Å². The third-order valence-corrected chi connectivity index (χ3v) is 6.24. The molecule has 1 fully saturated rings. The van der Waals surface area contributed by atoms with Gasteiger partial charge in [0.15, 0.2) is 17.0 Å². The van der Waals surface area contributed by atoms with Crippen LogP contribution < -0.4 is 10.6 Å². The van der Waals surface area contributed by atoms with E-state index in [9.17, 15) is 30.7 Å². The molecular weight excluding hydrogens is 521 g/mol. The summed E-state index contributed by atoms with van der Waals surface area (Å²) in [5.41, 5.74) is -2.65. The fraction of sp³-hybridized carbons (Fsp3) is 0.348. The normalized spacial score (nSPS) is 16.0. The highest BCUT2D eigenvalue weighted by Gasteiger charge is 2.38. The third kappa shape index (κ3) is 5.23. The molecule has 0 aliphatic carbocycles. The lowest BCUT2D eigenvalue weighted by molar-refractivity contribution is -0.142. The standard InChI is InChI=1S/C23H21F7N8/c1-36-7-6-31-21(36)33-15-11-37(12-15)16(13-2-4-14(24)5-3-13)10-32-19-8-17(22(25,26)27)34-20-9-18(23(28,29)30)35-38(19)20/h2-9,15-16,32H,10-12H2,1H3,(H,31,33)/t16-/m1/s1. The van der Waals surface area contributed by atoms with Gasteiger partial charge < -0.3 is 15.2 Å². The van der Waals surface area contributed by atoms with Gasteiger partial charge in [-0.2, -0.15) is 36.0 Å². The molecule has 1 atom stereocenters. The Morgan fingerprint density at radius 1 is 1.00 bits per heavy atom. The minimum Gasteiger partial charge on any atom is -0.368 e. The Labute approximate surface area is 211 Å². The number of fused-ring (bicyclic) bond motifs is 1. The molecule has 0 amide bonds. The largest absolute Gasteiger partial charge is 0.435 e. The zero-order chi connectivity index (χ0) is 27.2. The molecule has 0 unspecified atom stereocenters. The van der Waals surface area contributed by atoms with Crippen LogP contribution in [0.25, 0.3) is 5.65 Å². The summed E-state index contributed by atoms with van der Waals surface area (Å²) in [5.74, 6) is -0.0995. The van der Waals surface area contributed by atoms with Crippen molar-refractivity contribution in [3.8, 4) is 0 Å². The number of aromatic nitrogens is 5. The van der Waals surface area contributed by atoms with E-state index < -0.39 is 41.2 Å². The number of hydrogen-bond donors (Lipinski definition) is 2. The van der Waals surface area contributed by atoms with Crippen LogP contribution in [0.15, 0.2) is 48.8 Å². The summed E-state index contributed by atoms with van der Waals surface area (Å²) >= 11 is 0. The lowest BCUT2D eigenvalue weighted by Gasteiger charge is -2.45. The monoisotopic (exact) mass is 542 g/mol. The van der Waals surface area contributed by atoms with Gasteiger partial charge in [-0.1, -0.05) is 12.1 Å². The molecule has 4 heterocycles. The van der Waals surface area contributed by atoms with E-state index in [1.54, 1.807) is 24.5 Å². The first-order valence-electron chi connectivity index (χ1n) is 11.4. The lowest BCUT2D eigenvalue weighted by atomic mass is 9.99. The molecule has 5 rings (SSSR count). The third-order valence-electron chi connectivity index (χ3n) is 6.24. The van der Waals surface area contributed by atoms with Crippen LogP contribution in [0.1, 0.15) is 23.0 Å². The predicted molar refractivity (Wildman–Crippen MR) is 123 cm³/mol. The number of anilines is 2. The van der Waals surface area contributed by atoms with Gasteiger partial charge in [-0.3, -0.25) is 4.90 Å². The number of alkyl halides is 6. The minimum atomic E-state index is -4.89. The Morgan fingerprint density at radius 3 is 2.29 bits per heavy atom. The Bertz CT molecular complexity index is 1420. The highest BCUT2D eigenvalue weighted by atomic mass is 19.4. The average Bonchev–Trinajstić information content (AvgIpc) is 3.43. The summed E-state index contributed by atoms with van der Waals surface area (Å²) < 4.78 is 96.1. The molecule has 0 spiro atoms. The first-order valence-corrected chi connectivity index (χ1v) is 11.4. The van der Waals surface area contributed by atoms with Gasteiger partial charge in [-0.15, -0.1) is 0 Å². The number of nitrogens with one attached hydrogen (secondary N) is 2. The van der Waals surface area contributed by atoms with Crippen molar-refractivity contribution in [1.29, 1.82) is 0 Å². The van der Waals surface area contributed by atoms with Crippen LogP contribution in [0.5, 0.6) is 0 Å². The first kappa shape index (κ1) is 25.8. The van der Waals surface area contributed by atoms with Gasteiger partial charge in [-0.25, -0.2) is 14.4 Å². The van der Waals surface area contributed by atoms with Crippen LogP contribution in [0.3, 0.4) is 0 Å². The maximum atomic E-state index is 13.6. The molecule has 4 aromatic rings. The zero-order valence-electron chi connectivity index (χ0n) is 19.7. The second-order valence-electron chi connectivity index (χ2n) is 8.93. The molecule has 202 valence electrons. The van der Waals surface area contributed by atoms with Gasteiger partial charge in [0.25, 0.3) is 0 Å². The number of hydrogen-bond acceptors (Lipinski definition) is 6. The van der Waals surface area contributed by atoms with Crippen molar-refractivity contribution >= 4 is 17.4 Å². The van der Waals surface area contributed by atoms with Gasteiger partial charge in [0, 0.05) is 51.2 Å². The molecule has 1 aromatic carbocycles. The molecule has 15 heteroatoms. The van der Waals surface area contributed by atoms with Crippen LogP contribution in [0.4, 0.5) is 42.5 Å². The number of likely N-dealkylation sites (tertiary alicyclic amines) is 1. The Balaban J connectivity index is 1.41. The van der Waals surface area contributed by atoms with Gasteiger partial charge in [0.1, 0.15) is 11.6 Å². The van der Waals surface area contributed by atoms with Crippen molar-refractivity contribution in [2.75, 3.05) is 30.3 Å². The Morgan fingerprint density at radius 2 is 1.68 bits per heavy atom. The van der Waals surface area contributed by atoms with Gasteiger partial charge in [0.05, 0.1) is 12.1 Å². The molecule has 0 radical (unpaired) electrons. The summed E-state index contributed by atoms with van der Waals surface area (Å²) in [4.78, 5) is 9.55. The quantitative estimate of drug-likeness (QED) is 0.333. The number of halogens is 7. The number of aryl methyl sites for hydroxylation is 1.